The second kappa shape index (κ2) is 12.7. The van der Waals surface area contributed by atoms with Crippen molar-refractivity contribution in [2.24, 2.45) is 0 Å². The van der Waals surface area contributed by atoms with Crippen LogP contribution in [0.25, 0.3) is 67.4 Å². The molecule has 247 valence electrons. The second-order valence-corrected chi connectivity index (χ2v) is 11.7. The lowest BCUT2D eigenvalue weighted by atomic mass is 9.89. The number of carboxylic acids is 1. The van der Waals surface area contributed by atoms with Gasteiger partial charge in [-0.1, -0.05) is 48.5 Å². The van der Waals surface area contributed by atoms with Crippen LogP contribution in [0.2, 0.25) is 0 Å². The quantitative estimate of drug-likeness (QED) is 0.143. The molecule has 10 nitrogen and oxygen atoms in total. The highest BCUT2D eigenvalue weighted by Crippen LogP contribution is 2.48. The van der Waals surface area contributed by atoms with Gasteiger partial charge in [-0.2, -0.15) is 0 Å². The molecule has 0 saturated heterocycles. The molecular formula is C41H25N2O8. The zero-order valence-electron chi connectivity index (χ0n) is 26.6. The van der Waals surface area contributed by atoms with Gasteiger partial charge in [0.15, 0.2) is 29.3 Å². The Bertz CT molecular complexity index is 2520. The van der Waals surface area contributed by atoms with Gasteiger partial charge in [0.2, 0.25) is 11.8 Å². The molecular weight excluding hydrogens is 648 g/mol. The van der Waals surface area contributed by atoms with Crippen molar-refractivity contribution in [3.05, 3.63) is 139 Å². The predicted molar refractivity (Wildman–Crippen MR) is 188 cm³/mol. The number of carbonyl (C=O) groups excluding carboxylic acids is 1. The summed E-state index contributed by atoms with van der Waals surface area (Å²) in [4.78, 5) is 34.8. The molecule has 0 fully saturated rings. The van der Waals surface area contributed by atoms with E-state index in [1.54, 1.807) is 48.5 Å². The number of aromatic hydroxyl groups is 1. The number of phenolic OH excluding ortho intramolecular Hbond substituents is 1. The molecule has 0 aliphatic rings. The van der Waals surface area contributed by atoms with Gasteiger partial charge in [0.25, 0.3) is 0 Å². The van der Waals surface area contributed by atoms with Crippen molar-refractivity contribution < 1.29 is 38.5 Å². The molecule has 0 atom stereocenters. The van der Waals surface area contributed by atoms with Crippen molar-refractivity contribution in [3.8, 4) is 62.4 Å². The Morgan fingerprint density at radius 1 is 0.647 bits per heavy atom. The minimum Gasteiger partial charge on any atom is -0.506 e. The SMILES string of the molecule is [O]c1ccc(C(=O)c2cc(-c3ccc(-c4nc5ccccc5o4)cc3)c(OCC(=O)O)c(-c3ccc(-c4nc5ccccc5o4)cc3)c2O)cc1. The zero-order chi connectivity index (χ0) is 35.1. The molecule has 0 aliphatic carbocycles. The number of oxazole rings is 2. The first-order chi connectivity index (χ1) is 24.8. The number of aliphatic carboxylic acids is 1. The molecule has 8 rings (SSSR count). The number of rotatable bonds is 9. The van der Waals surface area contributed by atoms with Gasteiger partial charge < -0.3 is 23.8 Å². The molecule has 10 heteroatoms. The van der Waals surface area contributed by atoms with Crippen molar-refractivity contribution in [2.75, 3.05) is 6.61 Å². The van der Waals surface area contributed by atoms with Gasteiger partial charge in [-0.3, -0.25) is 9.90 Å². The highest BCUT2D eigenvalue weighted by atomic mass is 16.5. The number of hydrogen-bond donors (Lipinski definition) is 2. The van der Waals surface area contributed by atoms with Gasteiger partial charge >= 0.3 is 5.97 Å². The van der Waals surface area contributed by atoms with Crippen LogP contribution in [0.3, 0.4) is 0 Å². The Hall–Kier alpha value is -7.20. The average molecular weight is 674 g/mol. The summed E-state index contributed by atoms with van der Waals surface area (Å²) in [7, 11) is 0. The molecule has 0 spiro atoms. The minimum absolute atomic E-state index is 0.0468. The van der Waals surface area contributed by atoms with Gasteiger partial charge in [0, 0.05) is 22.3 Å². The van der Waals surface area contributed by atoms with Gasteiger partial charge in [0.1, 0.15) is 22.5 Å². The minimum atomic E-state index is -1.23. The second-order valence-electron chi connectivity index (χ2n) is 11.7. The summed E-state index contributed by atoms with van der Waals surface area (Å²) >= 11 is 0. The molecule has 6 aromatic carbocycles. The molecule has 2 aromatic heterocycles. The summed E-state index contributed by atoms with van der Waals surface area (Å²) in [6.45, 7) is -0.723. The first-order valence-corrected chi connectivity index (χ1v) is 15.8. The molecule has 2 N–H and O–H groups in total. The lowest BCUT2D eigenvalue weighted by Crippen LogP contribution is -2.12. The van der Waals surface area contributed by atoms with Crippen molar-refractivity contribution >= 4 is 34.0 Å². The number of ketones is 1. The van der Waals surface area contributed by atoms with Crippen LogP contribution in [0, 0.1) is 0 Å². The largest absolute Gasteiger partial charge is 0.506 e. The number of fused-ring (bicyclic) bond motifs is 2. The Morgan fingerprint density at radius 3 is 1.69 bits per heavy atom. The van der Waals surface area contributed by atoms with E-state index >= 15 is 0 Å². The molecule has 0 saturated carbocycles. The number of hydrogen-bond acceptors (Lipinski definition) is 8. The predicted octanol–water partition coefficient (Wildman–Crippen LogP) is 9.18. The number of ether oxygens (including phenoxy) is 1. The lowest BCUT2D eigenvalue weighted by Gasteiger charge is -2.20. The third-order valence-corrected chi connectivity index (χ3v) is 8.40. The van der Waals surface area contributed by atoms with E-state index in [9.17, 15) is 24.9 Å². The van der Waals surface area contributed by atoms with E-state index in [0.29, 0.717) is 61.8 Å². The average Bonchev–Trinajstić information content (AvgIpc) is 3.79. The van der Waals surface area contributed by atoms with Crippen molar-refractivity contribution in [1.82, 2.24) is 9.97 Å². The lowest BCUT2D eigenvalue weighted by molar-refractivity contribution is -0.139. The van der Waals surface area contributed by atoms with Crippen LogP contribution in [-0.2, 0) is 9.90 Å². The molecule has 0 amide bonds. The number of carboxylic acid groups (broad SMARTS) is 1. The molecule has 0 bridgehead atoms. The summed E-state index contributed by atoms with van der Waals surface area (Å²) in [6, 6.07) is 35.6. The summed E-state index contributed by atoms with van der Waals surface area (Å²) in [5, 5.41) is 33.3. The fraction of sp³-hybridized carbons (Fsp3) is 0.0244. The van der Waals surface area contributed by atoms with E-state index in [0.717, 1.165) is 0 Å². The first kappa shape index (κ1) is 31.1. The topological polar surface area (TPSA) is 156 Å². The molecule has 2 heterocycles. The van der Waals surface area contributed by atoms with Crippen LogP contribution in [0.15, 0.2) is 136 Å². The van der Waals surface area contributed by atoms with Crippen LogP contribution in [-0.4, -0.2) is 38.5 Å². The first-order valence-electron chi connectivity index (χ1n) is 15.8. The standard InChI is InChI=1S/C41H25N2O8/c44-28-19-17-25(18-20-28)37(47)30-21-29(23-9-13-26(14-10-23)40-42-31-5-1-3-7-33(31)50-40)39(49-22-35(45)46)36(38(30)48)24-11-15-27(16-12-24)41-43-32-6-2-4-8-34(32)51-41/h1-21,48H,22H2,(H,45,46). The van der Waals surface area contributed by atoms with Crippen molar-refractivity contribution in [3.63, 3.8) is 0 Å². The maximum atomic E-state index is 13.9. The van der Waals surface area contributed by atoms with Gasteiger partial charge in [0.05, 0.1) is 11.1 Å². The molecule has 1 radical (unpaired) electrons. The van der Waals surface area contributed by atoms with Crippen LogP contribution in [0.4, 0.5) is 0 Å². The molecule has 8 aromatic rings. The Balaban J connectivity index is 1.28. The van der Waals surface area contributed by atoms with Gasteiger partial charge in [-0.05, 0) is 90.0 Å². The van der Waals surface area contributed by atoms with Crippen LogP contribution in [0.5, 0.6) is 17.2 Å². The normalized spacial score (nSPS) is 11.2. The maximum Gasteiger partial charge on any atom is 0.341 e. The molecule has 51 heavy (non-hydrogen) atoms. The fourth-order valence-corrected chi connectivity index (χ4v) is 5.92. The summed E-state index contributed by atoms with van der Waals surface area (Å²) in [5.74, 6) is -1.63. The van der Waals surface area contributed by atoms with E-state index in [4.69, 9.17) is 13.6 Å². The summed E-state index contributed by atoms with van der Waals surface area (Å²) in [6.07, 6.45) is 0. The number of carbonyl (C=O) groups is 2. The van der Waals surface area contributed by atoms with Crippen molar-refractivity contribution in [2.45, 2.75) is 0 Å². The highest BCUT2D eigenvalue weighted by molar-refractivity contribution is 6.13. The third kappa shape index (κ3) is 5.91. The Kier molecular flexibility index (Phi) is 7.73. The van der Waals surface area contributed by atoms with Crippen LogP contribution < -0.4 is 4.74 Å². The molecule has 0 aliphatic heterocycles. The van der Waals surface area contributed by atoms with Crippen LogP contribution >= 0.6 is 0 Å². The maximum absolute atomic E-state index is 13.9. The summed E-state index contributed by atoms with van der Waals surface area (Å²) in [5.41, 5.74) is 5.55. The number of para-hydroxylation sites is 4. The molecule has 0 unspecified atom stereocenters. The summed E-state index contributed by atoms with van der Waals surface area (Å²) < 4.78 is 17.8. The number of benzene rings is 6. The number of nitrogens with zero attached hydrogens (tertiary/aromatic N) is 2. The third-order valence-electron chi connectivity index (χ3n) is 8.40. The van der Waals surface area contributed by atoms with Crippen LogP contribution in [0.1, 0.15) is 15.9 Å². The monoisotopic (exact) mass is 673 g/mol. The van der Waals surface area contributed by atoms with Gasteiger partial charge in [-0.15, -0.1) is 0 Å². The fourth-order valence-electron chi connectivity index (χ4n) is 5.92. The Morgan fingerprint density at radius 2 is 1.16 bits per heavy atom. The van der Waals surface area contributed by atoms with E-state index in [-0.39, 0.29) is 28.2 Å². The number of aromatic nitrogens is 2. The Labute approximate surface area is 289 Å². The van der Waals surface area contributed by atoms with E-state index in [1.165, 1.54) is 30.3 Å². The zero-order valence-corrected chi connectivity index (χ0v) is 26.6. The number of phenols is 1. The van der Waals surface area contributed by atoms with E-state index < -0.39 is 24.1 Å². The smallest absolute Gasteiger partial charge is 0.341 e. The van der Waals surface area contributed by atoms with Crippen molar-refractivity contribution in [1.29, 1.82) is 0 Å². The van der Waals surface area contributed by atoms with E-state index in [1.807, 2.05) is 48.5 Å². The highest BCUT2D eigenvalue weighted by Gasteiger charge is 2.26. The van der Waals surface area contributed by atoms with Gasteiger partial charge in [-0.25, -0.2) is 14.8 Å². The van der Waals surface area contributed by atoms with E-state index in [2.05, 4.69) is 9.97 Å².